The Morgan fingerprint density at radius 2 is 1.94 bits per heavy atom. The van der Waals surface area contributed by atoms with Gasteiger partial charge < -0.3 is 11.1 Å². The first-order chi connectivity index (χ1) is 8.41. The molecule has 1 saturated heterocycles. The summed E-state index contributed by atoms with van der Waals surface area (Å²) in [5.74, 6) is 0.407. The Kier molecular flexibility index (Phi) is 3.96. The van der Waals surface area contributed by atoms with Crippen molar-refractivity contribution in [1.82, 2.24) is 5.32 Å². The highest BCUT2D eigenvalue weighted by Crippen LogP contribution is 2.26. The molecule has 0 spiro atoms. The number of rotatable bonds is 3. The molecule has 0 bridgehead atoms. The fourth-order valence-corrected chi connectivity index (χ4v) is 4.72. The Labute approximate surface area is 108 Å². The van der Waals surface area contributed by atoms with Crippen LogP contribution in [0.1, 0.15) is 38.5 Å². The number of hydrogen-bond donors (Lipinski definition) is 2. The summed E-state index contributed by atoms with van der Waals surface area (Å²) in [6.07, 6.45) is 5.28. The van der Waals surface area contributed by atoms with E-state index in [0.717, 1.165) is 32.1 Å². The van der Waals surface area contributed by atoms with E-state index in [1.54, 1.807) is 0 Å². The maximum Gasteiger partial charge on any atom is 0.240 e. The van der Waals surface area contributed by atoms with Gasteiger partial charge in [-0.2, -0.15) is 0 Å². The topological polar surface area (TPSA) is 89.3 Å². The van der Waals surface area contributed by atoms with Crippen molar-refractivity contribution in [2.75, 3.05) is 18.1 Å². The molecule has 2 rings (SSSR count). The maximum absolute atomic E-state index is 12.1. The molecular formula is C12H22N2O3S. The van der Waals surface area contributed by atoms with Crippen LogP contribution in [-0.2, 0) is 14.6 Å². The van der Waals surface area contributed by atoms with Gasteiger partial charge >= 0.3 is 0 Å². The first-order valence-electron chi connectivity index (χ1n) is 6.69. The van der Waals surface area contributed by atoms with Crippen molar-refractivity contribution in [1.29, 1.82) is 0 Å². The third-order valence-corrected chi connectivity index (χ3v) is 5.91. The summed E-state index contributed by atoms with van der Waals surface area (Å²) in [5, 5.41) is 2.84. The highest BCUT2D eigenvalue weighted by atomic mass is 32.2. The van der Waals surface area contributed by atoms with Crippen LogP contribution in [0.3, 0.4) is 0 Å². The SMILES string of the molecule is NC1(C(=O)NCC2CCS(=O)(=O)C2)CCCCC1. The molecule has 1 aliphatic heterocycles. The van der Waals surface area contributed by atoms with E-state index in [2.05, 4.69) is 5.32 Å². The average Bonchev–Trinajstić information content (AvgIpc) is 2.67. The average molecular weight is 274 g/mol. The van der Waals surface area contributed by atoms with Crippen LogP contribution in [0, 0.1) is 5.92 Å². The van der Waals surface area contributed by atoms with Crippen LogP contribution >= 0.6 is 0 Å². The lowest BCUT2D eigenvalue weighted by atomic mass is 9.82. The van der Waals surface area contributed by atoms with Gasteiger partial charge in [0.1, 0.15) is 0 Å². The molecular weight excluding hydrogens is 252 g/mol. The van der Waals surface area contributed by atoms with Crippen LogP contribution in [0.4, 0.5) is 0 Å². The van der Waals surface area contributed by atoms with Crippen LogP contribution < -0.4 is 11.1 Å². The van der Waals surface area contributed by atoms with E-state index in [4.69, 9.17) is 5.73 Å². The molecule has 2 aliphatic rings. The minimum absolute atomic E-state index is 0.0612. The van der Waals surface area contributed by atoms with Crippen molar-refractivity contribution in [3.8, 4) is 0 Å². The summed E-state index contributed by atoms with van der Waals surface area (Å²) in [4.78, 5) is 12.1. The van der Waals surface area contributed by atoms with Crippen molar-refractivity contribution < 1.29 is 13.2 Å². The summed E-state index contributed by atoms with van der Waals surface area (Å²) in [5.41, 5.74) is 5.38. The van der Waals surface area contributed by atoms with Crippen LogP contribution in [0.15, 0.2) is 0 Å². The first-order valence-corrected chi connectivity index (χ1v) is 8.51. The Balaban J connectivity index is 1.81. The number of nitrogens with one attached hydrogen (secondary N) is 1. The molecule has 2 fully saturated rings. The first kappa shape index (κ1) is 13.8. The summed E-state index contributed by atoms with van der Waals surface area (Å²) < 4.78 is 22.6. The van der Waals surface area contributed by atoms with Gasteiger partial charge in [-0.15, -0.1) is 0 Å². The minimum atomic E-state index is -2.87. The largest absolute Gasteiger partial charge is 0.354 e. The molecule has 1 atom stereocenters. The Morgan fingerprint density at radius 1 is 1.28 bits per heavy atom. The number of amides is 1. The Bertz CT molecular complexity index is 413. The van der Waals surface area contributed by atoms with E-state index in [-0.39, 0.29) is 23.3 Å². The molecule has 5 nitrogen and oxygen atoms in total. The molecule has 104 valence electrons. The third-order valence-electron chi connectivity index (χ3n) is 4.08. The van der Waals surface area contributed by atoms with E-state index in [1.807, 2.05) is 0 Å². The van der Waals surface area contributed by atoms with E-state index in [9.17, 15) is 13.2 Å². The molecule has 1 unspecified atom stereocenters. The highest BCUT2D eigenvalue weighted by molar-refractivity contribution is 7.91. The molecule has 1 heterocycles. The Hall–Kier alpha value is -0.620. The van der Waals surface area contributed by atoms with Crippen LogP contribution in [0.5, 0.6) is 0 Å². The number of carbonyl (C=O) groups excluding carboxylic acids is 1. The predicted octanol–water partition coefficient (Wildman–Crippen LogP) is 0.199. The Morgan fingerprint density at radius 3 is 2.50 bits per heavy atom. The zero-order chi connectivity index (χ0) is 13.2. The molecule has 0 radical (unpaired) electrons. The van der Waals surface area contributed by atoms with Gasteiger partial charge in [0.2, 0.25) is 5.91 Å². The third kappa shape index (κ3) is 3.23. The summed E-state index contributed by atoms with van der Waals surface area (Å²) in [6.45, 7) is 0.441. The molecule has 0 aromatic carbocycles. The second kappa shape index (κ2) is 5.17. The zero-order valence-corrected chi connectivity index (χ0v) is 11.5. The van der Waals surface area contributed by atoms with Gasteiger partial charge in [0.15, 0.2) is 9.84 Å². The van der Waals surface area contributed by atoms with Crippen LogP contribution in [-0.4, -0.2) is 37.9 Å². The quantitative estimate of drug-likeness (QED) is 0.769. The summed E-state index contributed by atoms with van der Waals surface area (Å²) in [7, 11) is -2.87. The molecule has 6 heteroatoms. The fraction of sp³-hybridized carbons (Fsp3) is 0.917. The minimum Gasteiger partial charge on any atom is -0.354 e. The van der Waals surface area contributed by atoms with Crippen molar-refractivity contribution in [2.24, 2.45) is 11.7 Å². The molecule has 1 saturated carbocycles. The lowest BCUT2D eigenvalue weighted by molar-refractivity contribution is -0.127. The van der Waals surface area contributed by atoms with Crippen LogP contribution in [0.25, 0.3) is 0 Å². The van der Waals surface area contributed by atoms with Gasteiger partial charge in [0, 0.05) is 6.54 Å². The van der Waals surface area contributed by atoms with Crippen LogP contribution in [0.2, 0.25) is 0 Å². The number of nitrogens with two attached hydrogens (primary N) is 1. The van der Waals surface area contributed by atoms with E-state index in [1.165, 1.54) is 0 Å². The van der Waals surface area contributed by atoms with E-state index in [0.29, 0.717) is 13.0 Å². The smallest absolute Gasteiger partial charge is 0.240 e. The normalized spacial score (nSPS) is 29.9. The summed E-state index contributed by atoms with van der Waals surface area (Å²) >= 11 is 0. The van der Waals surface area contributed by atoms with Gasteiger partial charge in [0.05, 0.1) is 17.0 Å². The van der Waals surface area contributed by atoms with Gasteiger partial charge in [-0.3, -0.25) is 4.79 Å². The lowest BCUT2D eigenvalue weighted by Crippen LogP contribution is -2.55. The van der Waals surface area contributed by atoms with E-state index >= 15 is 0 Å². The van der Waals surface area contributed by atoms with Gasteiger partial charge in [-0.1, -0.05) is 19.3 Å². The number of carbonyl (C=O) groups is 1. The monoisotopic (exact) mass is 274 g/mol. The fourth-order valence-electron chi connectivity index (χ4n) is 2.86. The molecule has 3 N–H and O–H groups in total. The van der Waals surface area contributed by atoms with Crippen molar-refractivity contribution in [3.63, 3.8) is 0 Å². The maximum atomic E-state index is 12.1. The highest BCUT2D eigenvalue weighted by Gasteiger charge is 2.36. The van der Waals surface area contributed by atoms with Crippen molar-refractivity contribution in [2.45, 2.75) is 44.1 Å². The zero-order valence-electron chi connectivity index (χ0n) is 10.7. The second-order valence-corrected chi connectivity index (χ2v) is 7.92. The molecule has 18 heavy (non-hydrogen) atoms. The second-order valence-electron chi connectivity index (χ2n) is 5.70. The molecule has 1 amide bonds. The predicted molar refractivity (Wildman–Crippen MR) is 69.8 cm³/mol. The lowest BCUT2D eigenvalue weighted by Gasteiger charge is -2.32. The molecule has 0 aromatic rings. The van der Waals surface area contributed by atoms with Crippen molar-refractivity contribution >= 4 is 15.7 Å². The van der Waals surface area contributed by atoms with Gasteiger partial charge in [-0.25, -0.2) is 8.42 Å². The molecule has 0 aromatic heterocycles. The van der Waals surface area contributed by atoms with E-state index < -0.39 is 15.4 Å². The number of hydrogen-bond acceptors (Lipinski definition) is 4. The van der Waals surface area contributed by atoms with Crippen molar-refractivity contribution in [3.05, 3.63) is 0 Å². The van der Waals surface area contributed by atoms with Gasteiger partial charge in [0.25, 0.3) is 0 Å². The van der Waals surface area contributed by atoms with Gasteiger partial charge in [-0.05, 0) is 25.2 Å². The molecule has 1 aliphatic carbocycles. The summed E-state index contributed by atoms with van der Waals surface area (Å²) in [6, 6.07) is 0. The standard InChI is InChI=1S/C12H22N2O3S/c13-12(5-2-1-3-6-12)11(15)14-8-10-4-7-18(16,17)9-10/h10H,1-9,13H2,(H,14,15). The number of sulfone groups is 1.